The van der Waals surface area contributed by atoms with Crippen LogP contribution in [0.2, 0.25) is 0 Å². The zero-order valence-corrected chi connectivity index (χ0v) is 13.5. The molecule has 2 aromatic heterocycles. The minimum Gasteiger partial charge on any atom is -0.494 e. The van der Waals surface area contributed by atoms with Crippen LogP contribution >= 0.6 is 0 Å². The molecule has 0 spiro atoms. The number of rotatable bonds is 7. The highest BCUT2D eigenvalue weighted by Crippen LogP contribution is 2.20. The van der Waals surface area contributed by atoms with E-state index in [1.54, 1.807) is 6.20 Å². The number of hydrogen-bond donors (Lipinski definition) is 2. The van der Waals surface area contributed by atoms with Crippen molar-refractivity contribution < 1.29 is 4.74 Å². The maximum atomic E-state index is 5.91. The molecule has 1 aromatic carbocycles. The summed E-state index contributed by atoms with van der Waals surface area (Å²) in [6.45, 7) is 2.87. The van der Waals surface area contributed by atoms with Crippen molar-refractivity contribution in [3.05, 3.63) is 48.7 Å². The molecule has 0 bridgehead atoms. The van der Waals surface area contributed by atoms with Crippen LogP contribution in [0.1, 0.15) is 19.8 Å². The Balaban J connectivity index is 1.68. The predicted molar refractivity (Wildman–Crippen MR) is 93.7 cm³/mol. The summed E-state index contributed by atoms with van der Waals surface area (Å²) >= 11 is 0. The molecular weight excluding hydrogens is 304 g/mol. The largest absolute Gasteiger partial charge is 0.494 e. The van der Waals surface area contributed by atoms with Gasteiger partial charge in [0.25, 0.3) is 0 Å². The van der Waals surface area contributed by atoms with Gasteiger partial charge < -0.3 is 15.8 Å². The monoisotopic (exact) mass is 324 g/mol. The third kappa shape index (κ3) is 3.81. The number of benzene rings is 1. The first-order chi connectivity index (χ1) is 11.8. The SMILES string of the molecule is CCCCOc1ccc(Nc2nc(N)n(-c3ccccn3)n2)cc1. The zero-order valence-electron chi connectivity index (χ0n) is 13.5. The molecule has 3 rings (SSSR count). The first kappa shape index (κ1) is 15.8. The van der Waals surface area contributed by atoms with E-state index in [1.807, 2.05) is 42.5 Å². The van der Waals surface area contributed by atoms with Gasteiger partial charge in [-0.3, -0.25) is 0 Å². The number of ether oxygens (including phenoxy) is 1. The highest BCUT2D eigenvalue weighted by molar-refractivity contribution is 5.55. The molecule has 0 saturated carbocycles. The molecule has 7 nitrogen and oxygen atoms in total. The van der Waals surface area contributed by atoms with Gasteiger partial charge in [-0.1, -0.05) is 19.4 Å². The second-order valence-electron chi connectivity index (χ2n) is 5.24. The van der Waals surface area contributed by atoms with Gasteiger partial charge in [-0.15, -0.1) is 5.10 Å². The van der Waals surface area contributed by atoms with Crippen LogP contribution < -0.4 is 15.8 Å². The summed E-state index contributed by atoms with van der Waals surface area (Å²) in [7, 11) is 0. The minimum atomic E-state index is 0.274. The van der Waals surface area contributed by atoms with Crippen LogP contribution in [0.15, 0.2) is 48.7 Å². The van der Waals surface area contributed by atoms with Gasteiger partial charge >= 0.3 is 0 Å². The topological polar surface area (TPSA) is 90.9 Å². The molecule has 3 aromatic rings. The van der Waals surface area contributed by atoms with Crippen molar-refractivity contribution in [1.29, 1.82) is 0 Å². The van der Waals surface area contributed by atoms with Crippen molar-refractivity contribution in [1.82, 2.24) is 19.7 Å². The van der Waals surface area contributed by atoms with E-state index in [4.69, 9.17) is 10.5 Å². The lowest BCUT2D eigenvalue weighted by atomic mass is 10.3. The van der Waals surface area contributed by atoms with E-state index in [-0.39, 0.29) is 5.95 Å². The molecule has 24 heavy (non-hydrogen) atoms. The third-order valence-electron chi connectivity index (χ3n) is 3.38. The van der Waals surface area contributed by atoms with Gasteiger partial charge in [0, 0.05) is 11.9 Å². The number of aromatic nitrogens is 4. The van der Waals surface area contributed by atoms with Gasteiger partial charge in [-0.2, -0.15) is 9.67 Å². The van der Waals surface area contributed by atoms with E-state index >= 15 is 0 Å². The van der Waals surface area contributed by atoms with Gasteiger partial charge in [-0.05, 0) is 42.8 Å². The molecule has 124 valence electrons. The van der Waals surface area contributed by atoms with Crippen molar-refractivity contribution in [3.63, 3.8) is 0 Å². The quantitative estimate of drug-likeness (QED) is 0.649. The van der Waals surface area contributed by atoms with Gasteiger partial charge in [0.2, 0.25) is 11.9 Å². The number of nitrogens with zero attached hydrogens (tertiary/aromatic N) is 4. The molecule has 0 aliphatic heterocycles. The Morgan fingerprint density at radius 2 is 2.00 bits per heavy atom. The molecule has 0 atom stereocenters. The van der Waals surface area contributed by atoms with Crippen LogP contribution in [0, 0.1) is 0 Å². The Hall–Kier alpha value is -3.09. The standard InChI is InChI=1S/C17H20N6O/c1-2-3-12-24-14-9-7-13(8-10-14)20-17-21-16(18)23(22-17)15-6-4-5-11-19-15/h4-11H,2-3,12H2,1H3,(H3,18,20,21,22). The maximum absolute atomic E-state index is 5.91. The summed E-state index contributed by atoms with van der Waals surface area (Å²) in [5.74, 6) is 2.16. The summed E-state index contributed by atoms with van der Waals surface area (Å²) in [6.07, 6.45) is 3.85. The number of pyridine rings is 1. The van der Waals surface area contributed by atoms with Crippen LogP contribution in [0.25, 0.3) is 5.82 Å². The zero-order chi connectivity index (χ0) is 16.8. The number of nitrogen functional groups attached to an aromatic ring is 1. The van der Waals surface area contributed by atoms with Crippen LogP contribution in [0.4, 0.5) is 17.6 Å². The first-order valence-corrected chi connectivity index (χ1v) is 7.90. The van der Waals surface area contributed by atoms with Crippen LogP contribution in [0.5, 0.6) is 5.75 Å². The molecular formula is C17H20N6O. The van der Waals surface area contributed by atoms with Crippen molar-refractivity contribution in [2.75, 3.05) is 17.7 Å². The lowest BCUT2D eigenvalue weighted by Crippen LogP contribution is -2.04. The number of unbranched alkanes of at least 4 members (excludes halogenated alkanes) is 1. The van der Waals surface area contributed by atoms with E-state index in [1.165, 1.54) is 4.68 Å². The lowest BCUT2D eigenvalue weighted by molar-refractivity contribution is 0.309. The Labute approximate surface area is 140 Å². The second kappa shape index (κ2) is 7.45. The Morgan fingerprint density at radius 1 is 1.17 bits per heavy atom. The number of nitrogens with one attached hydrogen (secondary N) is 1. The lowest BCUT2D eigenvalue weighted by Gasteiger charge is -2.06. The Bertz CT molecular complexity index is 770. The number of hydrogen-bond acceptors (Lipinski definition) is 6. The summed E-state index contributed by atoms with van der Waals surface area (Å²) in [6, 6.07) is 13.2. The van der Waals surface area contributed by atoms with Crippen LogP contribution in [-0.2, 0) is 0 Å². The normalized spacial score (nSPS) is 10.5. The minimum absolute atomic E-state index is 0.274. The number of nitrogens with two attached hydrogens (primary N) is 1. The average Bonchev–Trinajstić information content (AvgIpc) is 2.98. The van der Waals surface area contributed by atoms with Gasteiger partial charge in [0.05, 0.1) is 6.61 Å². The van der Waals surface area contributed by atoms with Crippen molar-refractivity contribution in [2.45, 2.75) is 19.8 Å². The van der Waals surface area contributed by atoms with Crippen LogP contribution in [0.3, 0.4) is 0 Å². The Kier molecular flexibility index (Phi) is 4.90. The van der Waals surface area contributed by atoms with Crippen molar-refractivity contribution >= 4 is 17.6 Å². The highest BCUT2D eigenvalue weighted by atomic mass is 16.5. The third-order valence-corrected chi connectivity index (χ3v) is 3.38. The summed E-state index contributed by atoms with van der Waals surface area (Å²) in [5.41, 5.74) is 6.77. The van der Waals surface area contributed by atoms with Gasteiger partial charge in [0.1, 0.15) is 5.75 Å². The number of anilines is 3. The highest BCUT2D eigenvalue weighted by Gasteiger charge is 2.09. The smallest absolute Gasteiger partial charge is 0.248 e. The molecule has 7 heteroatoms. The molecule has 0 aliphatic rings. The molecule has 0 amide bonds. The van der Waals surface area contributed by atoms with Gasteiger partial charge in [0.15, 0.2) is 5.82 Å². The molecule has 3 N–H and O–H groups in total. The van der Waals surface area contributed by atoms with E-state index in [0.29, 0.717) is 11.8 Å². The molecule has 0 saturated heterocycles. The van der Waals surface area contributed by atoms with Crippen LogP contribution in [-0.4, -0.2) is 26.4 Å². The summed E-state index contributed by atoms with van der Waals surface area (Å²) < 4.78 is 7.13. The summed E-state index contributed by atoms with van der Waals surface area (Å²) in [4.78, 5) is 8.43. The van der Waals surface area contributed by atoms with Crippen molar-refractivity contribution in [2.24, 2.45) is 0 Å². The second-order valence-corrected chi connectivity index (χ2v) is 5.24. The fraction of sp³-hybridized carbons (Fsp3) is 0.235. The Morgan fingerprint density at radius 3 is 2.71 bits per heavy atom. The fourth-order valence-electron chi connectivity index (χ4n) is 2.12. The predicted octanol–water partition coefficient (Wildman–Crippen LogP) is 3.17. The van der Waals surface area contributed by atoms with E-state index in [2.05, 4.69) is 27.3 Å². The van der Waals surface area contributed by atoms with Gasteiger partial charge in [-0.25, -0.2) is 4.98 Å². The molecule has 2 heterocycles. The van der Waals surface area contributed by atoms with Crippen molar-refractivity contribution in [3.8, 4) is 11.6 Å². The van der Waals surface area contributed by atoms with E-state index in [0.717, 1.165) is 30.9 Å². The first-order valence-electron chi connectivity index (χ1n) is 7.90. The molecule has 0 fully saturated rings. The molecule has 0 radical (unpaired) electrons. The average molecular weight is 324 g/mol. The van der Waals surface area contributed by atoms with E-state index in [9.17, 15) is 0 Å². The fourth-order valence-corrected chi connectivity index (χ4v) is 2.12. The molecule has 0 aliphatic carbocycles. The maximum Gasteiger partial charge on any atom is 0.248 e. The molecule has 0 unspecified atom stereocenters. The van der Waals surface area contributed by atoms with E-state index < -0.39 is 0 Å². The summed E-state index contributed by atoms with van der Waals surface area (Å²) in [5, 5.41) is 7.46.